The van der Waals surface area contributed by atoms with Crippen LogP contribution >= 0.6 is 0 Å². The maximum atomic E-state index is 11.2. The van der Waals surface area contributed by atoms with Crippen molar-refractivity contribution in [2.45, 2.75) is 19.8 Å². The molecule has 0 aliphatic carbocycles. The van der Waals surface area contributed by atoms with Crippen LogP contribution in [0.4, 0.5) is 5.82 Å². The number of rotatable bonds is 5. The first-order valence-electron chi connectivity index (χ1n) is 7.34. The van der Waals surface area contributed by atoms with Crippen LogP contribution in [-0.4, -0.2) is 68.2 Å². The molecule has 1 fully saturated rings. The number of hydrogen-bond donors (Lipinski definition) is 0. The molecule has 0 radical (unpaired) electrons. The van der Waals surface area contributed by atoms with Crippen LogP contribution in [0.5, 0.6) is 0 Å². The minimum absolute atomic E-state index is 0.232. The molecule has 0 saturated carbocycles. The second-order valence-electron chi connectivity index (χ2n) is 5.93. The van der Waals surface area contributed by atoms with Gasteiger partial charge in [0.05, 0.1) is 11.4 Å². The largest absolute Gasteiger partial charge is 0.353 e. The predicted octanol–water partition coefficient (Wildman–Crippen LogP) is 0.767. The molecule has 1 saturated heterocycles. The van der Waals surface area contributed by atoms with Crippen molar-refractivity contribution < 1.29 is 8.42 Å². The molecule has 1 aliphatic heterocycles. The Hall–Kier alpha value is -1.21. The zero-order valence-electron chi connectivity index (χ0n) is 13.0. The summed E-state index contributed by atoms with van der Waals surface area (Å²) in [5, 5.41) is 8.55. The monoisotopic (exact) mass is 312 g/mol. The van der Waals surface area contributed by atoms with Crippen molar-refractivity contribution in [3.63, 3.8) is 0 Å². The molecule has 2 rings (SSSR count). The SMILES string of the molecule is CC(C)c1ccc(N2CCN(CCS(C)(=O)=O)CC2)nn1. The van der Waals surface area contributed by atoms with Crippen molar-refractivity contribution in [2.75, 3.05) is 49.6 Å². The summed E-state index contributed by atoms with van der Waals surface area (Å²) in [5.74, 6) is 1.53. The number of sulfone groups is 1. The zero-order valence-corrected chi connectivity index (χ0v) is 13.8. The van der Waals surface area contributed by atoms with Gasteiger partial charge < -0.3 is 4.90 Å². The minimum atomic E-state index is -2.88. The molecule has 7 heteroatoms. The van der Waals surface area contributed by atoms with Crippen molar-refractivity contribution in [2.24, 2.45) is 0 Å². The summed E-state index contributed by atoms with van der Waals surface area (Å²) >= 11 is 0. The molecule has 21 heavy (non-hydrogen) atoms. The molecule has 1 aliphatic rings. The molecule has 118 valence electrons. The summed E-state index contributed by atoms with van der Waals surface area (Å²) in [6, 6.07) is 4.05. The van der Waals surface area contributed by atoms with Gasteiger partial charge in [-0.3, -0.25) is 4.90 Å². The molecule has 0 atom stereocenters. The second kappa shape index (κ2) is 6.70. The van der Waals surface area contributed by atoms with Crippen LogP contribution in [0.25, 0.3) is 0 Å². The molecule has 2 heterocycles. The van der Waals surface area contributed by atoms with E-state index in [1.807, 2.05) is 12.1 Å². The topological polar surface area (TPSA) is 66.4 Å². The van der Waals surface area contributed by atoms with Gasteiger partial charge in [0, 0.05) is 39.0 Å². The van der Waals surface area contributed by atoms with Gasteiger partial charge >= 0.3 is 0 Å². The summed E-state index contributed by atoms with van der Waals surface area (Å²) in [4.78, 5) is 4.39. The Balaban J connectivity index is 1.86. The summed E-state index contributed by atoms with van der Waals surface area (Å²) in [5.41, 5.74) is 1.01. The van der Waals surface area contributed by atoms with E-state index in [2.05, 4.69) is 33.8 Å². The highest BCUT2D eigenvalue weighted by Crippen LogP contribution is 2.16. The van der Waals surface area contributed by atoms with Crippen LogP contribution < -0.4 is 4.90 Å². The summed E-state index contributed by atoms with van der Waals surface area (Å²) in [6.45, 7) is 8.27. The van der Waals surface area contributed by atoms with E-state index >= 15 is 0 Å². The second-order valence-corrected chi connectivity index (χ2v) is 8.19. The Kier molecular flexibility index (Phi) is 5.16. The normalized spacial score (nSPS) is 17.4. The lowest BCUT2D eigenvalue weighted by Crippen LogP contribution is -2.47. The first-order valence-corrected chi connectivity index (χ1v) is 9.40. The van der Waals surface area contributed by atoms with Crippen LogP contribution in [0.15, 0.2) is 12.1 Å². The molecule has 1 aromatic heterocycles. The Bertz CT molecular complexity index is 549. The van der Waals surface area contributed by atoms with Crippen molar-refractivity contribution in [1.82, 2.24) is 15.1 Å². The van der Waals surface area contributed by atoms with Crippen LogP contribution in [-0.2, 0) is 9.84 Å². The third-order valence-corrected chi connectivity index (χ3v) is 4.66. The Morgan fingerprint density at radius 1 is 1.14 bits per heavy atom. The van der Waals surface area contributed by atoms with Gasteiger partial charge in [-0.15, -0.1) is 5.10 Å². The minimum Gasteiger partial charge on any atom is -0.353 e. The molecule has 0 spiro atoms. The fourth-order valence-electron chi connectivity index (χ4n) is 2.31. The standard InChI is InChI=1S/C14H24N4O2S/c1-12(2)13-4-5-14(16-15-13)18-8-6-17(7-9-18)10-11-21(3,19)20/h4-5,12H,6-11H2,1-3H3. The van der Waals surface area contributed by atoms with Crippen molar-refractivity contribution in [3.05, 3.63) is 17.8 Å². The Labute approximate surface area is 127 Å². The van der Waals surface area contributed by atoms with Gasteiger partial charge in [0.15, 0.2) is 5.82 Å². The molecular weight excluding hydrogens is 288 g/mol. The third-order valence-electron chi connectivity index (χ3n) is 3.74. The van der Waals surface area contributed by atoms with E-state index in [4.69, 9.17) is 0 Å². The van der Waals surface area contributed by atoms with Gasteiger partial charge in [0.2, 0.25) is 0 Å². The Morgan fingerprint density at radius 3 is 2.29 bits per heavy atom. The summed E-state index contributed by atoms with van der Waals surface area (Å²) in [6.07, 6.45) is 1.29. The van der Waals surface area contributed by atoms with Gasteiger partial charge in [-0.1, -0.05) is 13.8 Å². The quantitative estimate of drug-likeness (QED) is 0.800. The summed E-state index contributed by atoms with van der Waals surface area (Å²) in [7, 11) is -2.88. The molecule has 0 N–H and O–H groups in total. The lowest BCUT2D eigenvalue weighted by molar-refractivity contribution is 0.271. The van der Waals surface area contributed by atoms with Crippen LogP contribution in [0.3, 0.4) is 0 Å². The number of anilines is 1. The van der Waals surface area contributed by atoms with Gasteiger partial charge in [-0.05, 0) is 18.1 Å². The number of hydrogen-bond acceptors (Lipinski definition) is 6. The van der Waals surface area contributed by atoms with E-state index in [0.29, 0.717) is 12.5 Å². The van der Waals surface area contributed by atoms with Gasteiger partial charge in [-0.25, -0.2) is 8.42 Å². The van der Waals surface area contributed by atoms with Crippen molar-refractivity contribution in [1.29, 1.82) is 0 Å². The van der Waals surface area contributed by atoms with Gasteiger partial charge in [-0.2, -0.15) is 5.10 Å². The van der Waals surface area contributed by atoms with E-state index in [1.54, 1.807) is 0 Å². The summed E-state index contributed by atoms with van der Waals surface area (Å²) < 4.78 is 22.4. The van der Waals surface area contributed by atoms with E-state index in [9.17, 15) is 8.42 Å². The highest BCUT2D eigenvalue weighted by atomic mass is 32.2. The molecule has 0 unspecified atom stereocenters. The molecule has 0 aromatic carbocycles. The van der Waals surface area contributed by atoms with Gasteiger partial charge in [0.1, 0.15) is 9.84 Å². The average molecular weight is 312 g/mol. The molecule has 6 nitrogen and oxygen atoms in total. The predicted molar refractivity (Wildman–Crippen MR) is 84.5 cm³/mol. The van der Waals surface area contributed by atoms with Crippen LogP contribution in [0, 0.1) is 0 Å². The first kappa shape index (κ1) is 16.2. The van der Waals surface area contributed by atoms with Crippen LogP contribution in [0.1, 0.15) is 25.5 Å². The molecule has 1 aromatic rings. The maximum absolute atomic E-state index is 11.2. The fraction of sp³-hybridized carbons (Fsp3) is 0.714. The number of aromatic nitrogens is 2. The van der Waals surface area contributed by atoms with Crippen molar-refractivity contribution in [3.8, 4) is 0 Å². The molecule has 0 amide bonds. The lowest BCUT2D eigenvalue weighted by atomic mass is 10.1. The number of nitrogens with zero attached hydrogens (tertiary/aromatic N) is 4. The smallest absolute Gasteiger partial charge is 0.151 e. The highest BCUT2D eigenvalue weighted by molar-refractivity contribution is 7.90. The average Bonchev–Trinajstić information content (AvgIpc) is 2.45. The highest BCUT2D eigenvalue weighted by Gasteiger charge is 2.19. The maximum Gasteiger partial charge on any atom is 0.151 e. The van der Waals surface area contributed by atoms with Gasteiger partial charge in [0.25, 0.3) is 0 Å². The molecule has 0 bridgehead atoms. The molecular formula is C14H24N4O2S. The zero-order chi connectivity index (χ0) is 15.5. The van der Waals surface area contributed by atoms with Crippen LogP contribution in [0.2, 0.25) is 0 Å². The first-order chi connectivity index (χ1) is 9.85. The van der Waals surface area contributed by atoms with E-state index in [0.717, 1.165) is 37.7 Å². The lowest BCUT2D eigenvalue weighted by Gasteiger charge is -2.35. The third kappa shape index (κ3) is 4.93. The van der Waals surface area contributed by atoms with E-state index in [1.165, 1.54) is 6.26 Å². The number of piperazine rings is 1. The Morgan fingerprint density at radius 2 is 1.81 bits per heavy atom. The fourth-order valence-corrected chi connectivity index (χ4v) is 2.90. The van der Waals surface area contributed by atoms with E-state index < -0.39 is 9.84 Å². The van der Waals surface area contributed by atoms with Crippen molar-refractivity contribution >= 4 is 15.7 Å². The van der Waals surface area contributed by atoms with E-state index in [-0.39, 0.29) is 5.75 Å².